The number of halogens is 4. The molecule has 4 rings (SSSR count). The number of nitrogens with zero attached hydrogens (tertiary/aromatic N) is 2. The van der Waals surface area contributed by atoms with Crippen LogP contribution in [0.5, 0.6) is 0 Å². The van der Waals surface area contributed by atoms with Gasteiger partial charge in [-0.1, -0.05) is 94.9 Å². The van der Waals surface area contributed by atoms with Crippen LogP contribution in [0, 0.1) is 23.1 Å². The molecule has 0 bridgehead atoms. The number of hydrogen-bond acceptors (Lipinski definition) is 2. The van der Waals surface area contributed by atoms with Crippen molar-refractivity contribution < 1.29 is 8.78 Å². The zero-order chi connectivity index (χ0) is 26.4. The molecule has 0 saturated heterocycles. The highest BCUT2D eigenvalue weighted by molar-refractivity contribution is 6.90. The third-order valence-electron chi connectivity index (χ3n) is 7.24. The van der Waals surface area contributed by atoms with Crippen molar-refractivity contribution in [2.75, 3.05) is 0 Å². The molecule has 4 aromatic rings. The van der Waals surface area contributed by atoms with Gasteiger partial charge in [-0.05, 0) is 34.1 Å². The van der Waals surface area contributed by atoms with Gasteiger partial charge in [-0.15, -0.1) is 5.54 Å². The van der Waals surface area contributed by atoms with Gasteiger partial charge < -0.3 is 0 Å². The van der Waals surface area contributed by atoms with Crippen LogP contribution in [0.15, 0.2) is 42.6 Å². The molecule has 0 aliphatic rings. The van der Waals surface area contributed by atoms with Crippen LogP contribution in [0.3, 0.4) is 0 Å². The lowest BCUT2D eigenvalue weighted by Crippen LogP contribution is -2.43. The molecule has 2 aromatic carbocycles. The van der Waals surface area contributed by atoms with Crippen LogP contribution in [0.1, 0.15) is 47.1 Å². The van der Waals surface area contributed by atoms with E-state index in [4.69, 9.17) is 23.2 Å². The van der Waals surface area contributed by atoms with Gasteiger partial charge in [0, 0.05) is 22.5 Å². The Kier molecular flexibility index (Phi) is 7.44. The monoisotopic (exact) mass is 540 g/mol. The van der Waals surface area contributed by atoms with E-state index in [1.54, 1.807) is 18.2 Å². The Hall–Kier alpha value is -2.52. The quantitative estimate of drug-likeness (QED) is 0.146. The Balaban J connectivity index is 2.05. The van der Waals surface area contributed by atoms with Crippen molar-refractivity contribution in [2.24, 2.45) is 0 Å². The number of aromatic nitrogens is 2. The maximum Gasteiger partial charge on any atom is 0.175 e. The van der Waals surface area contributed by atoms with Gasteiger partial charge in [-0.25, -0.2) is 13.8 Å². The minimum absolute atomic E-state index is 0.0180. The Bertz CT molecular complexity index is 1520. The van der Waals surface area contributed by atoms with Gasteiger partial charge in [-0.3, -0.25) is 4.98 Å². The van der Waals surface area contributed by atoms with E-state index in [0.29, 0.717) is 33.0 Å². The van der Waals surface area contributed by atoms with Gasteiger partial charge in [0.15, 0.2) is 5.82 Å². The van der Waals surface area contributed by atoms with Crippen molar-refractivity contribution in [3.8, 4) is 22.7 Å². The smallest absolute Gasteiger partial charge is 0.175 e. The summed E-state index contributed by atoms with van der Waals surface area (Å²) in [7, 11) is -2.13. The number of fused-ring (bicyclic) bond motifs is 2. The van der Waals surface area contributed by atoms with E-state index in [0.717, 1.165) is 5.39 Å². The molecule has 0 atom stereocenters. The predicted octanol–water partition coefficient (Wildman–Crippen LogP) is 9.60. The Morgan fingerprint density at radius 1 is 0.917 bits per heavy atom. The second-order valence-electron chi connectivity index (χ2n) is 10.1. The first kappa shape index (κ1) is 26.5. The number of rotatable bonds is 4. The second kappa shape index (κ2) is 10.1. The maximum absolute atomic E-state index is 15.8. The summed E-state index contributed by atoms with van der Waals surface area (Å²) in [6, 6.07) is 9.95. The van der Waals surface area contributed by atoms with Gasteiger partial charge in [-0.2, -0.15) is 0 Å². The summed E-state index contributed by atoms with van der Waals surface area (Å²) >= 11 is 12.3. The molecule has 0 radical (unpaired) electrons. The zero-order valence-corrected chi connectivity index (χ0v) is 23.7. The predicted molar refractivity (Wildman–Crippen MR) is 150 cm³/mol. The average Bonchev–Trinajstić information content (AvgIpc) is 2.80. The molecular weight excluding hydrogens is 513 g/mol. The first-order chi connectivity index (χ1) is 17.0. The van der Waals surface area contributed by atoms with E-state index >= 15 is 8.78 Å². The largest absolute Gasteiger partial charge is 0.252 e. The number of pyridine rings is 2. The highest BCUT2D eigenvalue weighted by Crippen LogP contribution is 2.41. The lowest BCUT2D eigenvalue weighted by Gasteiger charge is -2.38. The molecule has 0 saturated carbocycles. The molecule has 0 N–H and O–H groups in total. The second-order valence-corrected chi connectivity index (χ2v) is 16.5. The first-order valence-electron chi connectivity index (χ1n) is 12.0. The fourth-order valence-corrected chi connectivity index (χ4v) is 11.2. The highest BCUT2D eigenvalue weighted by atomic mass is 35.5. The Morgan fingerprint density at radius 2 is 1.58 bits per heavy atom. The molecule has 7 heteroatoms. The SMILES string of the molecule is CC(C)[Si](C#Cc1c(F)ccc2cccc(-c3ncc4c(Cl)cc(Cl)nc4c3F)c12)(C(C)C)C(C)C. The Morgan fingerprint density at radius 3 is 2.22 bits per heavy atom. The van der Waals surface area contributed by atoms with E-state index in [9.17, 15) is 0 Å². The molecular formula is C29H28Cl2F2N2Si. The van der Waals surface area contributed by atoms with Crippen LogP contribution < -0.4 is 0 Å². The summed E-state index contributed by atoms with van der Waals surface area (Å²) in [5.41, 5.74) is 5.56. The molecule has 36 heavy (non-hydrogen) atoms. The molecule has 2 aromatic heterocycles. The standard InChI is InChI=1S/C29H28Cl2F2N2Si/c1-16(2)36(17(3)4,18(5)6)13-12-20-24(32)11-10-19-8-7-9-21(26(19)20)28-27(33)29-22(15-34-28)23(30)14-25(31)35-29/h7-11,14-18H,1-6H3. The van der Waals surface area contributed by atoms with Gasteiger partial charge in [0.25, 0.3) is 0 Å². The number of hydrogen-bond donors (Lipinski definition) is 0. The lowest BCUT2D eigenvalue weighted by atomic mass is 9.96. The summed E-state index contributed by atoms with van der Waals surface area (Å²) in [6.07, 6.45) is 1.47. The summed E-state index contributed by atoms with van der Waals surface area (Å²) in [5.74, 6) is 2.15. The summed E-state index contributed by atoms with van der Waals surface area (Å²) in [4.78, 5) is 8.52. The number of benzene rings is 2. The maximum atomic E-state index is 15.8. The molecule has 0 unspecified atom stereocenters. The van der Waals surface area contributed by atoms with Crippen molar-refractivity contribution >= 4 is 53.0 Å². The summed E-state index contributed by atoms with van der Waals surface area (Å²) in [5, 5.41) is 1.98. The molecule has 0 aliphatic heterocycles. The Labute approximate surface area is 222 Å². The highest BCUT2D eigenvalue weighted by Gasteiger charge is 2.41. The minimum atomic E-state index is -2.13. The van der Waals surface area contributed by atoms with Gasteiger partial charge in [0.1, 0.15) is 30.3 Å². The van der Waals surface area contributed by atoms with Crippen molar-refractivity contribution in [3.63, 3.8) is 0 Å². The van der Waals surface area contributed by atoms with E-state index in [2.05, 4.69) is 63.0 Å². The molecule has 0 spiro atoms. The van der Waals surface area contributed by atoms with Crippen molar-refractivity contribution in [3.05, 3.63) is 70.0 Å². The molecule has 0 fully saturated rings. The molecule has 0 amide bonds. The van der Waals surface area contributed by atoms with Crippen molar-refractivity contribution in [1.82, 2.24) is 9.97 Å². The fraction of sp³-hybridized carbons (Fsp3) is 0.310. The molecule has 2 nitrogen and oxygen atoms in total. The van der Waals surface area contributed by atoms with Crippen LogP contribution in [0.2, 0.25) is 26.8 Å². The van der Waals surface area contributed by atoms with Gasteiger partial charge >= 0.3 is 0 Å². The molecule has 2 heterocycles. The van der Waals surface area contributed by atoms with Crippen LogP contribution in [0.25, 0.3) is 32.9 Å². The zero-order valence-electron chi connectivity index (χ0n) is 21.2. The minimum Gasteiger partial charge on any atom is -0.252 e. The summed E-state index contributed by atoms with van der Waals surface area (Å²) in [6.45, 7) is 13.3. The van der Waals surface area contributed by atoms with E-state index < -0.39 is 19.7 Å². The third-order valence-corrected chi connectivity index (χ3v) is 14.0. The van der Waals surface area contributed by atoms with Gasteiger partial charge in [0.05, 0.1) is 10.6 Å². The lowest BCUT2D eigenvalue weighted by molar-refractivity contribution is 0.626. The third kappa shape index (κ3) is 4.40. The summed E-state index contributed by atoms with van der Waals surface area (Å²) < 4.78 is 31.2. The van der Waals surface area contributed by atoms with E-state index in [-0.39, 0.29) is 26.9 Å². The first-order valence-corrected chi connectivity index (χ1v) is 15.0. The fourth-order valence-electron chi connectivity index (χ4n) is 5.55. The molecule has 0 aliphatic carbocycles. The van der Waals surface area contributed by atoms with E-state index in [1.807, 2.05) is 6.07 Å². The van der Waals surface area contributed by atoms with Crippen LogP contribution in [-0.2, 0) is 0 Å². The molecule has 186 valence electrons. The average molecular weight is 542 g/mol. The van der Waals surface area contributed by atoms with Crippen LogP contribution in [-0.4, -0.2) is 18.0 Å². The van der Waals surface area contributed by atoms with Crippen LogP contribution in [0.4, 0.5) is 8.78 Å². The van der Waals surface area contributed by atoms with Crippen LogP contribution >= 0.6 is 23.2 Å². The van der Waals surface area contributed by atoms with Crippen molar-refractivity contribution in [2.45, 2.75) is 58.2 Å². The van der Waals surface area contributed by atoms with Gasteiger partial charge in [0.2, 0.25) is 0 Å². The van der Waals surface area contributed by atoms with Crippen molar-refractivity contribution in [1.29, 1.82) is 0 Å². The normalized spacial score (nSPS) is 12.1. The van der Waals surface area contributed by atoms with E-state index in [1.165, 1.54) is 18.3 Å². The topological polar surface area (TPSA) is 25.8 Å².